The topological polar surface area (TPSA) is 0 Å². The van der Waals surface area contributed by atoms with Crippen LogP contribution in [0.1, 0.15) is 120 Å². The van der Waals surface area contributed by atoms with Crippen LogP contribution in [0.3, 0.4) is 0 Å². The standard InChI is InChI=1S/C21H25.C9H18.C5H7.2ClH.Zr/c1-13(2)14(3)8-17-6-7-20-19(11-17)12-18-9-15(4)16(5)10-21(18)20;1-3-5-7-9-8-6-4-2;1-2-4-5-3-1;;;/h6-7,9-10,13-14H,8,12H2,1-5H3;3-8H2,1-2H3;1H,2,4-5H2;2*1H;/q-1;;-1;;;+2/p-2. The summed E-state index contributed by atoms with van der Waals surface area (Å²) >= 11 is 1.67. The Bertz CT molecular complexity index is 974. The number of hydrogen-bond donors (Lipinski definition) is 0. The number of benzene rings is 2. The first-order chi connectivity index (χ1) is 17.3. The van der Waals surface area contributed by atoms with Crippen molar-refractivity contribution >= 4 is 3.21 Å². The number of rotatable bonds is 9. The van der Waals surface area contributed by atoms with E-state index in [1.807, 2.05) is 0 Å². The summed E-state index contributed by atoms with van der Waals surface area (Å²) in [7, 11) is 0. The smallest absolute Gasteiger partial charge is 0.0253 e. The van der Waals surface area contributed by atoms with Gasteiger partial charge in [-0.3, -0.25) is 6.08 Å². The third kappa shape index (κ3) is 12.8. The minimum Gasteiger partial charge on any atom is -1.00 e. The Balaban J connectivity index is 0.000000676. The monoisotopic (exact) mass is 630 g/mol. The number of halogens is 2. The van der Waals surface area contributed by atoms with Crippen LogP contribution in [-0.2, 0) is 37.1 Å². The molecule has 0 aliphatic heterocycles. The van der Waals surface area contributed by atoms with Crippen LogP contribution in [0.25, 0.3) is 11.1 Å². The van der Waals surface area contributed by atoms with E-state index in [2.05, 4.69) is 91.0 Å². The Morgan fingerprint density at radius 2 is 1.55 bits per heavy atom. The van der Waals surface area contributed by atoms with Gasteiger partial charge in [-0.2, -0.15) is 30.2 Å². The van der Waals surface area contributed by atoms with Crippen LogP contribution < -0.4 is 24.8 Å². The predicted molar refractivity (Wildman–Crippen MR) is 156 cm³/mol. The van der Waals surface area contributed by atoms with Crippen LogP contribution in [0.2, 0.25) is 0 Å². The van der Waals surface area contributed by atoms with Crippen LogP contribution in [0.15, 0.2) is 30.3 Å². The van der Waals surface area contributed by atoms with Crippen LogP contribution >= 0.6 is 0 Å². The molecule has 3 heteroatoms. The van der Waals surface area contributed by atoms with Gasteiger partial charge in [0.1, 0.15) is 0 Å². The van der Waals surface area contributed by atoms with Crippen molar-refractivity contribution in [2.75, 3.05) is 0 Å². The van der Waals surface area contributed by atoms with Gasteiger partial charge in [-0.25, -0.2) is 0 Å². The molecular weight excluding hydrogens is 583 g/mol. The quantitative estimate of drug-likeness (QED) is 0.312. The van der Waals surface area contributed by atoms with E-state index in [1.54, 1.807) is 27.4 Å². The maximum Gasteiger partial charge on any atom is -0.0253 e. The summed E-state index contributed by atoms with van der Waals surface area (Å²) in [6, 6.07) is 13.0. The van der Waals surface area contributed by atoms with Gasteiger partial charge in [0, 0.05) is 0 Å². The molecule has 0 heterocycles. The summed E-state index contributed by atoms with van der Waals surface area (Å²) in [5, 5.41) is 0. The van der Waals surface area contributed by atoms with Crippen molar-refractivity contribution in [1.29, 1.82) is 0 Å². The van der Waals surface area contributed by atoms with Crippen molar-refractivity contribution in [2.24, 2.45) is 11.8 Å². The molecule has 4 rings (SSSR count). The molecule has 0 fully saturated rings. The molecule has 38 heavy (non-hydrogen) atoms. The number of hydrogen-bond acceptors (Lipinski definition) is 0. The molecule has 0 nitrogen and oxygen atoms in total. The van der Waals surface area contributed by atoms with Gasteiger partial charge < -0.3 is 30.9 Å². The maximum atomic E-state index is 3.70. The zero-order chi connectivity index (χ0) is 26.5. The summed E-state index contributed by atoms with van der Waals surface area (Å²) in [5.74, 6) is 1.45. The fourth-order valence-electron chi connectivity index (χ4n) is 4.56. The van der Waals surface area contributed by atoms with Crippen molar-refractivity contribution in [2.45, 2.75) is 119 Å². The first kappa shape index (κ1) is 37.5. The van der Waals surface area contributed by atoms with Crippen LogP contribution in [-0.4, -0.2) is 3.21 Å². The molecule has 210 valence electrons. The van der Waals surface area contributed by atoms with E-state index in [-0.39, 0.29) is 24.8 Å². The number of allylic oxidation sites excluding steroid dienone is 2. The summed E-state index contributed by atoms with van der Waals surface area (Å²) in [4.78, 5) is 0. The minimum atomic E-state index is 0. The Morgan fingerprint density at radius 1 is 0.921 bits per heavy atom. The summed E-state index contributed by atoms with van der Waals surface area (Å²) < 4.78 is 1.79. The van der Waals surface area contributed by atoms with E-state index < -0.39 is 0 Å². The SMILES string of the molecule is CCCC[C](=[Zr+2])CCCC.Cc1cc2c(cc1C)-c1ccc(CC(C)C(C)C)[c-]c1C2.[C-]1=CCCC1.[Cl-].[Cl-]. The third-order valence-corrected chi connectivity index (χ3v) is 8.85. The third-order valence-electron chi connectivity index (χ3n) is 7.62. The van der Waals surface area contributed by atoms with E-state index in [0.29, 0.717) is 5.92 Å². The van der Waals surface area contributed by atoms with Gasteiger partial charge in [0.25, 0.3) is 0 Å². The summed E-state index contributed by atoms with van der Waals surface area (Å²) in [6.45, 7) is 15.9. The summed E-state index contributed by atoms with van der Waals surface area (Å²) in [5.41, 5.74) is 9.84. The molecule has 0 spiro atoms. The van der Waals surface area contributed by atoms with E-state index >= 15 is 0 Å². The molecule has 1 atom stereocenters. The molecule has 0 radical (unpaired) electrons. The second-order valence-corrected chi connectivity index (χ2v) is 12.9. The molecule has 0 aromatic heterocycles. The number of unbranched alkanes of at least 4 members (excludes halogenated alkanes) is 2. The first-order valence-corrected chi connectivity index (χ1v) is 15.8. The zero-order valence-corrected chi connectivity index (χ0v) is 29.0. The van der Waals surface area contributed by atoms with Crippen molar-refractivity contribution in [1.82, 2.24) is 0 Å². The maximum absolute atomic E-state index is 3.70. The number of aryl methyl sites for hydroxylation is 2. The van der Waals surface area contributed by atoms with Gasteiger partial charge >= 0.3 is 79.8 Å². The largest absolute Gasteiger partial charge is 1.00 e. The fourth-order valence-corrected chi connectivity index (χ4v) is 5.43. The Hall–Kier alpha value is -0.487. The van der Waals surface area contributed by atoms with Crippen LogP contribution in [0.5, 0.6) is 0 Å². The van der Waals surface area contributed by atoms with Crippen molar-refractivity contribution in [3.63, 3.8) is 0 Å². The molecule has 0 amide bonds. The average Bonchev–Trinajstić information content (AvgIpc) is 3.54. The van der Waals surface area contributed by atoms with Gasteiger partial charge in [0.05, 0.1) is 0 Å². The van der Waals surface area contributed by atoms with Crippen molar-refractivity contribution in [3.05, 3.63) is 70.3 Å². The average molecular weight is 633 g/mol. The molecule has 0 N–H and O–H groups in total. The number of fused-ring (bicyclic) bond motifs is 3. The van der Waals surface area contributed by atoms with E-state index in [1.165, 1.54) is 96.7 Å². The zero-order valence-electron chi connectivity index (χ0n) is 25.1. The van der Waals surface area contributed by atoms with E-state index in [0.717, 1.165) is 18.8 Å². The molecule has 0 saturated carbocycles. The van der Waals surface area contributed by atoms with E-state index in [4.69, 9.17) is 0 Å². The fraction of sp³-hybridized carbons (Fsp3) is 0.571. The van der Waals surface area contributed by atoms with Gasteiger partial charge in [-0.15, -0.1) is 11.1 Å². The summed E-state index contributed by atoms with van der Waals surface area (Å²) in [6.07, 6.45) is 19.5. The first-order valence-electron chi connectivity index (χ1n) is 14.5. The molecule has 2 aromatic rings. The molecule has 0 saturated heterocycles. The minimum absolute atomic E-state index is 0. The second-order valence-electron chi connectivity index (χ2n) is 11.2. The molecular formula is C35H50Cl2Zr-2. The molecule has 0 bridgehead atoms. The van der Waals surface area contributed by atoms with Crippen molar-refractivity contribution < 1.29 is 49.0 Å². The molecule has 2 aromatic carbocycles. The predicted octanol–water partition coefficient (Wildman–Crippen LogP) is 4.13. The molecule has 2 aliphatic carbocycles. The van der Waals surface area contributed by atoms with Crippen molar-refractivity contribution in [3.8, 4) is 11.1 Å². The Kier molecular flexibility index (Phi) is 20.1. The Morgan fingerprint density at radius 3 is 2.05 bits per heavy atom. The molecule has 1 unspecified atom stereocenters. The van der Waals surface area contributed by atoms with Gasteiger partial charge in [-0.05, 0) is 55.2 Å². The van der Waals surface area contributed by atoms with E-state index in [9.17, 15) is 0 Å². The van der Waals surface area contributed by atoms with Crippen LogP contribution in [0.4, 0.5) is 0 Å². The Labute approximate surface area is 263 Å². The van der Waals surface area contributed by atoms with Gasteiger partial charge in [0.15, 0.2) is 0 Å². The molecule has 2 aliphatic rings. The van der Waals surface area contributed by atoms with Gasteiger partial charge in [0.2, 0.25) is 0 Å². The second kappa shape index (κ2) is 20.4. The van der Waals surface area contributed by atoms with Gasteiger partial charge in [-0.1, -0.05) is 51.3 Å². The van der Waals surface area contributed by atoms with Crippen LogP contribution in [0, 0.1) is 37.8 Å². The normalized spacial score (nSPS) is 13.2.